The molecule has 0 aliphatic carbocycles. The van der Waals surface area contributed by atoms with Gasteiger partial charge in [0.1, 0.15) is 11.6 Å². The van der Waals surface area contributed by atoms with E-state index in [4.69, 9.17) is 4.74 Å². The van der Waals surface area contributed by atoms with Crippen LogP contribution in [0.4, 0.5) is 4.39 Å². The van der Waals surface area contributed by atoms with Crippen LogP contribution in [-0.4, -0.2) is 15.8 Å². The summed E-state index contributed by atoms with van der Waals surface area (Å²) < 4.78 is 18.5. The van der Waals surface area contributed by atoms with Crippen molar-refractivity contribution in [3.05, 3.63) is 88.8 Å². The monoisotopic (exact) mass is 337 g/mol. The maximum absolute atomic E-state index is 13.0. The number of para-hydroxylation sites is 1. The quantitative estimate of drug-likeness (QED) is 0.499. The number of nitroso groups, excluding NO2 is 1. The summed E-state index contributed by atoms with van der Waals surface area (Å²) in [6.07, 6.45) is 1.37. The molecule has 1 heterocycles. The molecule has 1 atom stereocenters. The Hall–Kier alpha value is -3.48. The van der Waals surface area contributed by atoms with E-state index in [-0.39, 0.29) is 17.3 Å². The van der Waals surface area contributed by atoms with Gasteiger partial charge in [-0.05, 0) is 42.5 Å². The lowest BCUT2D eigenvalue weighted by molar-refractivity contribution is 0.0960. The van der Waals surface area contributed by atoms with E-state index < -0.39 is 17.6 Å². The molecule has 0 aliphatic rings. The van der Waals surface area contributed by atoms with Crippen LogP contribution in [0.15, 0.2) is 72.0 Å². The Bertz CT molecular complexity index is 886. The molecule has 124 valence electrons. The number of ether oxygens (including phenoxy) is 1. The smallest absolute Gasteiger partial charge is 0.322 e. The van der Waals surface area contributed by atoms with Crippen LogP contribution >= 0.6 is 0 Å². The van der Waals surface area contributed by atoms with Crippen molar-refractivity contribution in [1.29, 1.82) is 0 Å². The topological polar surface area (TPSA) is 81.5 Å². The Kier molecular flexibility index (Phi) is 4.84. The molecule has 6 nitrogen and oxygen atoms in total. The third kappa shape index (κ3) is 3.89. The number of nitrogens with zero attached hydrogens (tertiary/aromatic N) is 3. The Morgan fingerprint density at radius 1 is 1.04 bits per heavy atom. The molecule has 0 saturated carbocycles. The van der Waals surface area contributed by atoms with Gasteiger partial charge in [-0.15, -0.1) is 4.91 Å². The first-order valence-electron chi connectivity index (χ1n) is 7.35. The van der Waals surface area contributed by atoms with Gasteiger partial charge in [-0.2, -0.15) is 4.98 Å². The molecule has 2 aromatic carbocycles. The second kappa shape index (κ2) is 7.39. The van der Waals surface area contributed by atoms with Gasteiger partial charge in [0.05, 0.1) is 5.69 Å². The van der Waals surface area contributed by atoms with Gasteiger partial charge in [-0.1, -0.05) is 23.4 Å². The Morgan fingerprint density at radius 2 is 1.76 bits per heavy atom. The van der Waals surface area contributed by atoms with Crippen molar-refractivity contribution in [3.8, 4) is 11.8 Å². The molecular weight excluding hydrogens is 325 g/mol. The number of aromatic nitrogens is 2. The van der Waals surface area contributed by atoms with Gasteiger partial charge in [0.25, 0.3) is 0 Å². The number of carbonyl (C=O) groups excluding carboxylic acids is 1. The summed E-state index contributed by atoms with van der Waals surface area (Å²) in [6, 6.07) is 13.7. The van der Waals surface area contributed by atoms with E-state index in [9.17, 15) is 14.1 Å². The van der Waals surface area contributed by atoms with E-state index in [0.717, 1.165) is 12.1 Å². The lowest BCUT2D eigenvalue weighted by atomic mass is 10.0. The summed E-state index contributed by atoms with van der Waals surface area (Å²) in [6.45, 7) is 0. The number of halogens is 1. The van der Waals surface area contributed by atoms with Crippen molar-refractivity contribution in [2.24, 2.45) is 5.18 Å². The highest BCUT2D eigenvalue weighted by molar-refractivity contribution is 6.00. The molecule has 25 heavy (non-hydrogen) atoms. The molecule has 0 spiro atoms. The van der Waals surface area contributed by atoms with Crippen LogP contribution in [-0.2, 0) is 0 Å². The van der Waals surface area contributed by atoms with Gasteiger partial charge in [0, 0.05) is 11.8 Å². The Labute approximate surface area is 142 Å². The van der Waals surface area contributed by atoms with Crippen molar-refractivity contribution in [1.82, 2.24) is 9.97 Å². The average Bonchev–Trinajstić information content (AvgIpc) is 2.64. The van der Waals surface area contributed by atoms with Crippen molar-refractivity contribution in [2.45, 2.75) is 6.04 Å². The SMILES string of the molecule is O=NC(C(=O)c1ccc(F)cc1)c1ccnc(Oc2ccccc2)n1. The highest BCUT2D eigenvalue weighted by Gasteiger charge is 2.25. The number of hydrogen-bond donors (Lipinski definition) is 0. The highest BCUT2D eigenvalue weighted by Crippen LogP contribution is 2.23. The summed E-state index contributed by atoms with van der Waals surface area (Å²) in [7, 11) is 0. The Morgan fingerprint density at radius 3 is 2.44 bits per heavy atom. The summed E-state index contributed by atoms with van der Waals surface area (Å²) in [5.41, 5.74) is 0.264. The number of hydrogen-bond acceptors (Lipinski definition) is 6. The van der Waals surface area contributed by atoms with Crippen molar-refractivity contribution >= 4 is 5.78 Å². The third-order valence-electron chi connectivity index (χ3n) is 3.37. The number of ketones is 1. The first-order valence-corrected chi connectivity index (χ1v) is 7.35. The standard InChI is InChI=1S/C18H12FN3O3/c19-13-8-6-12(7-9-13)17(23)16(22-24)15-10-11-20-18(21-15)25-14-4-2-1-3-5-14/h1-11,16H. The second-order valence-electron chi connectivity index (χ2n) is 5.06. The van der Waals surface area contributed by atoms with Crippen molar-refractivity contribution < 1.29 is 13.9 Å². The average molecular weight is 337 g/mol. The summed E-state index contributed by atoms with van der Waals surface area (Å²) >= 11 is 0. The van der Waals surface area contributed by atoms with Gasteiger partial charge >= 0.3 is 6.01 Å². The molecule has 0 aliphatic heterocycles. The van der Waals surface area contributed by atoms with Crippen LogP contribution < -0.4 is 4.74 Å². The van der Waals surface area contributed by atoms with E-state index in [1.165, 1.54) is 24.4 Å². The molecule has 0 fully saturated rings. The van der Waals surface area contributed by atoms with E-state index >= 15 is 0 Å². The molecule has 7 heteroatoms. The molecule has 3 rings (SSSR count). The first-order chi connectivity index (χ1) is 12.2. The maximum Gasteiger partial charge on any atom is 0.322 e. The zero-order valence-electron chi connectivity index (χ0n) is 12.9. The zero-order chi connectivity index (χ0) is 17.6. The van der Waals surface area contributed by atoms with Crippen LogP contribution in [0.3, 0.4) is 0 Å². The van der Waals surface area contributed by atoms with Gasteiger partial charge in [0.15, 0.2) is 11.8 Å². The fraction of sp³-hybridized carbons (Fsp3) is 0.0556. The first kappa shape index (κ1) is 16.4. The fourth-order valence-electron chi connectivity index (χ4n) is 2.16. The van der Waals surface area contributed by atoms with Crippen molar-refractivity contribution in [2.75, 3.05) is 0 Å². The van der Waals surface area contributed by atoms with Gasteiger partial charge in [-0.25, -0.2) is 9.37 Å². The lowest BCUT2D eigenvalue weighted by Crippen LogP contribution is -2.12. The van der Waals surface area contributed by atoms with Gasteiger partial charge in [0.2, 0.25) is 0 Å². The minimum Gasteiger partial charge on any atom is -0.424 e. The largest absolute Gasteiger partial charge is 0.424 e. The lowest BCUT2D eigenvalue weighted by Gasteiger charge is -2.09. The molecule has 0 amide bonds. The van der Waals surface area contributed by atoms with E-state index in [0.29, 0.717) is 5.75 Å². The minimum absolute atomic E-state index is 0.00995. The Balaban J connectivity index is 1.86. The normalized spacial score (nSPS) is 11.6. The van der Waals surface area contributed by atoms with Crippen LogP contribution in [0.25, 0.3) is 0 Å². The maximum atomic E-state index is 13.0. The van der Waals surface area contributed by atoms with E-state index in [1.54, 1.807) is 24.3 Å². The van der Waals surface area contributed by atoms with Crippen LogP contribution in [0.5, 0.6) is 11.8 Å². The van der Waals surface area contributed by atoms with Crippen LogP contribution in [0.2, 0.25) is 0 Å². The van der Waals surface area contributed by atoms with Gasteiger partial charge < -0.3 is 4.74 Å². The number of carbonyl (C=O) groups is 1. The summed E-state index contributed by atoms with van der Waals surface area (Å²) in [5.74, 6) is -0.549. The van der Waals surface area contributed by atoms with Crippen LogP contribution in [0, 0.1) is 10.7 Å². The van der Waals surface area contributed by atoms with Gasteiger partial charge in [-0.3, -0.25) is 4.79 Å². The predicted molar refractivity (Wildman–Crippen MR) is 87.8 cm³/mol. The number of Topliss-reactive ketones (excluding diaryl/α,β-unsaturated/α-hetero) is 1. The molecule has 0 saturated heterocycles. The molecule has 0 radical (unpaired) electrons. The molecular formula is C18H12FN3O3. The molecule has 3 aromatic rings. The predicted octanol–water partition coefficient (Wildman–Crippen LogP) is 4.10. The molecule has 0 N–H and O–H groups in total. The van der Waals surface area contributed by atoms with E-state index in [1.807, 2.05) is 6.07 Å². The van der Waals surface area contributed by atoms with Crippen LogP contribution in [0.1, 0.15) is 22.1 Å². The number of rotatable bonds is 6. The molecule has 1 aromatic heterocycles. The molecule has 1 unspecified atom stereocenters. The fourth-order valence-corrected chi connectivity index (χ4v) is 2.16. The number of benzene rings is 2. The van der Waals surface area contributed by atoms with Crippen molar-refractivity contribution in [3.63, 3.8) is 0 Å². The highest BCUT2D eigenvalue weighted by atomic mass is 19.1. The minimum atomic E-state index is -1.37. The third-order valence-corrected chi connectivity index (χ3v) is 3.37. The molecule has 0 bridgehead atoms. The zero-order valence-corrected chi connectivity index (χ0v) is 12.9. The summed E-state index contributed by atoms with van der Waals surface area (Å²) in [5, 5.41) is 2.87. The summed E-state index contributed by atoms with van der Waals surface area (Å²) in [4.78, 5) is 31.7. The second-order valence-corrected chi connectivity index (χ2v) is 5.06. The van der Waals surface area contributed by atoms with E-state index in [2.05, 4.69) is 15.1 Å².